The van der Waals surface area contributed by atoms with Gasteiger partial charge in [0.1, 0.15) is 5.92 Å². The Morgan fingerprint density at radius 2 is 2.38 bits per heavy atom. The summed E-state index contributed by atoms with van der Waals surface area (Å²) in [6, 6.07) is 6.20. The Morgan fingerprint density at radius 1 is 1.62 bits per heavy atom. The molecule has 2 rings (SSSR count). The summed E-state index contributed by atoms with van der Waals surface area (Å²) in [6.45, 7) is 3.83. The second kappa shape index (κ2) is 6.92. The van der Waals surface area contributed by atoms with E-state index < -0.39 is 11.9 Å². The smallest absolute Gasteiger partial charge is 0.336 e. The van der Waals surface area contributed by atoms with E-state index >= 15 is 0 Å². The Kier molecular flexibility index (Phi) is 5.21. The minimum absolute atomic E-state index is 0.297. The number of carbonyl (C=O) groups excluding carboxylic acids is 1. The normalized spacial score (nSPS) is 21.7. The van der Waals surface area contributed by atoms with Gasteiger partial charge in [-0.1, -0.05) is 13.0 Å². The van der Waals surface area contributed by atoms with Crippen molar-refractivity contribution in [2.75, 3.05) is 12.9 Å². The fraction of sp³-hybridized carbons (Fsp3) is 0.400. The van der Waals surface area contributed by atoms with Crippen molar-refractivity contribution in [3.63, 3.8) is 0 Å². The maximum Gasteiger partial charge on any atom is 0.336 e. The molecule has 0 N–H and O–H groups in total. The highest BCUT2D eigenvalue weighted by Crippen LogP contribution is 2.42. The zero-order chi connectivity index (χ0) is 15.4. The molecule has 0 aromatic carbocycles. The van der Waals surface area contributed by atoms with Crippen molar-refractivity contribution in [1.82, 2.24) is 0 Å². The molecule has 21 heavy (non-hydrogen) atoms. The predicted molar refractivity (Wildman–Crippen MR) is 86.4 cm³/mol. The number of hydrogen-bond acceptors (Lipinski definition) is 6. The number of thiophene rings is 1. The third-order valence-electron chi connectivity index (χ3n) is 3.26. The van der Waals surface area contributed by atoms with Crippen LogP contribution in [0.1, 0.15) is 24.6 Å². The maximum absolute atomic E-state index is 12.1. The van der Waals surface area contributed by atoms with Gasteiger partial charge in [0.05, 0.1) is 23.8 Å². The number of rotatable bonds is 3. The lowest BCUT2D eigenvalue weighted by molar-refractivity contribution is -0.136. The highest BCUT2D eigenvalue weighted by Gasteiger charge is 2.39. The molecule has 0 saturated heterocycles. The second-order valence-electron chi connectivity index (χ2n) is 4.47. The zero-order valence-electron chi connectivity index (χ0n) is 12.1. The number of nitriles is 1. The number of hydrogen-bond donors (Lipinski definition) is 0. The summed E-state index contributed by atoms with van der Waals surface area (Å²) in [5.41, 5.74) is 1.13. The Morgan fingerprint density at radius 3 is 2.90 bits per heavy atom. The first-order valence-corrected chi connectivity index (χ1v) is 8.44. The molecule has 2 heterocycles. The first kappa shape index (κ1) is 15.8. The van der Waals surface area contributed by atoms with Gasteiger partial charge in [0.2, 0.25) is 0 Å². The van der Waals surface area contributed by atoms with Crippen molar-refractivity contribution in [3.05, 3.63) is 33.7 Å². The highest BCUT2D eigenvalue weighted by atomic mass is 32.2. The third-order valence-corrected chi connectivity index (χ3v) is 5.15. The first-order chi connectivity index (χ1) is 10.1. The number of ether oxygens (including phenoxy) is 1. The van der Waals surface area contributed by atoms with E-state index in [0.717, 1.165) is 15.7 Å². The minimum Gasteiger partial charge on any atom is -0.466 e. The largest absolute Gasteiger partial charge is 0.466 e. The van der Waals surface area contributed by atoms with Crippen molar-refractivity contribution < 1.29 is 9.53 Å². The fourth-order valence-electron chi connectivity index (χ4n) is 2.39. The van der Waals surface area contributed by atoms with Crippen LogP contribution in [0.25, 0.3) is 0 Å². The van der Waals surface area contributed by atoms with Crippen molar-refractivity contribution in [2.24, 2.45) is 10.9 Å². The molecule has 0 fully saturated rings. The van der Waals surface area contributed by atoms with E-state index in [4.69, 9.17) is 4.74 Å². The van der Waals surface area contributed by atoms with E-state index in [9.17, 15) is 10.1 Å². The van der Waals surface area contributed by atoms with Gasteiger partial charge in [-0.25, -0.2) is 9.79 Å². The van der Waals surface area contributed by atoms with Crippen molar-refractivity contribution in [1.29, 1.82) is 5.26 Å². The van der Waals surface area contributed by atoms with Gasteiger partial charge in [0.25, 0.3) is 0 Å². The van der Waals surface area contributed by atoms with Crippen molar-refractivity contribution in [2.45, 2.75) is 19.8 Å². The van der Waals surface area contributed by atoms with Crippen molar-refractivity contribution >= 4 is 34.1 Å². The molecular weight excluding hydrogens is 304 g/mol. The van der Waals surface area contributed by atoms with E-state index in [-0.39, 0.29) is 5.92 Å². The molecule has 1 aromatic heterocycles. The first-order valence-electron chi connectivity index (χ1n) is 6.57. The predicted octanol–water partition coefficient (Wildman–Crippen LogP) is 3.58. The molecule has 0 radical (unpaired) electrons. The lowest BCUT2D eigenvalue weighted by Gasteiger charge is -2.28. The number of esters is 1. The monoisotopic (exact) mass is 320 g/mol. The Balaban J connectivity index is 2.58. The van der Waals surface area contributed by atoms with E-state index in [2.05, 4.69) is 11.1 Å². The van der Waals surface area contributed by atoms with Crippen LogP contribution in [0.2, 0.25) is 0 Å². The molecule has 110 valence electrons. The van der Waals surface area contributed by atoms with Crippen LogP contribution in [0.5, 0.6) is 0 Å². The number of methoxy groups -OCH3 is 1. The van der Waals surface area contributed by atoms with Crippen LogP contribution in [0.3, 0.4) is 0 Å². The molecule has 0 amide bonds. The van der Waals surface area contributed by atoms with E-state index in [1.165, 1.54) is 7.11 Å². The van der Waals surface area contributed by atoms with Crippen LogP contribution in [-0.4, -0.2) is 23.9 Å². The molecular formula is C15H16N2O2S2. The van der Waals surface area contributed by atoms with Crippen LogP contribution in [0.4, 0.5) is 0 Å². The Bertz CT molecular complexity index is 627. The summed E-state index contributed by atoms with van der Waals surface area (Å²) in [5.74, 6) is -0.300. The standard InChI is InChI=1S/C15H16N2O2S2/c1-4-20-14-10(8-16)13(11-6-5-7-21-11)12(9(2)17-14)15(18)19-3/h5-7,10,13H,4H2,1-3H3/t10?,13-/m1/s1. The Hall–Kier alpha value is -1.58. The number of nitrogens with zero attached hydrogens (tertiary/aromatic N) is 2. The van der Waals surface area contributed by atoms with Gasteiger partial charge in [-0.2, -0.15) is 5.26 Å². The zero-order valence-corrected chi connectivity index (χ0v) is 13.8. The molecule has 0 aliphatic carbocycles. The molecule has 6 heteroatoms. The summed E-state index contributed by atoms with van der Waals surface area (Å²) in [5, 5.41) is 12.3. The lowest BCUT2D eigenvalue weighted by atomic mass is 9.83. The Labute approximate surface area is 132 Å². The van der Waals surface area contributed by atoms with Gasteiger partial charge in [-0.3, -0.25) is 0 Å². The molecule has 1 aliphatic heterocycles. The second-order valence-corrected chi connectivity index (χ2v) is 6.74. The van der Waals surface area contributed by atoms with Crippen LogP contribution in [0, 0.1) is 17.2 Å². The molecule has 1 aromatic rings. The summed E-state index contributed by atoms with van der Waals surface area (Å²) < 4.78 is 4.90. The SMILES string of the molecule is CCSC1=NC(C)=C(C(=O)OC)[C@@H](c2cccs2)C1C#N. The average Bonchev–Trinajstić information content (AvgIpc) is 3.00. The molecule has 2 atom stereocenters. The van der Waals surface area contributed by atoms with Crippen LogP contribution >= 0.6 is 23.1 Å². The van der Waals surface area contributed by atoms with Gasteiger partial charge in [0, 0.05) is 16.5 Å². The van der Waals surface area contributed by atoms with Crippen LogP contribution in [0.15, 0.2) is 33.8 Å². The maximum atomic E-state index is 12.1. The summed E-state index contributed by atoms with van der Waals surface area (Å²) >= 11 is 3.10. The van der Waals surface area contributed by atoms with E-state index in [1.54, 1.807) is 30.0 Å². The highest BCUT2D eigenvalue weighted by molar-refractivity contribution is 8.14. The molecule has 0 saturated carbocycles. The number of carbonyl (C=O) groups is 1. The van der Waals surface area contributed by atoms with Gasteiger partial charge in [-0.05, 0) is 24.1 Å². The molecule has 4 nitrogen and oxygen atoms in total. The fourth-order valence-corrected chi connectivity index (χ4v) is 4.13. The summed E-state index contributed by atoms with van der Waals surface area (Å²) in [4.78, 5) is 17.6. The quantitative estimate of drug-likeness (QED) is 0.799. The van der Waals surface area contributed by atoms with Crippen molar-refractivity contribution in [3.8, 4) is 6.07 Å². The minimum atomic E-state index is -0.439. The van der Waals surface area contributed by atoms with Crippen LogP contribution in [-0.2, 0) is 9.53 Å². The molecule has 1 aliphatic rings. The van der Waals surface area contributed by atoms with Gasteiger partial charge < -0.3 is 4.74 Å². The number of allylic oxidation sites excluding steroid dienone is 1. The van der Waals surface area contributed by atoms with Gasteiger partial charge >= 0.3 is 5.97 Å². The van der Waals surface area contributed by atoms with E-state index in [1.807, 2.05) is 24.4 Å². The number of thioether (sulfide) groups is 1. The molecule has 1 unspecified atom stereocenters. The number of aliphatic imine (C=N–C) groups is 1. The average molecular weight is 320 g/mol. The van der Waals surface area contributed by atoms with Crippen LogP contribution < -0.4 is 0 Å². The third kappa shape index (κ3) is 3.04. The summed E-state index contributed by atoms with van der Waals surface area (Å²) in [7, 11) is 1.36. The molecule has 0 spiro atoms. The molecule has 0 bridgehead atoms. The van der Waals surface area contributed by atoms with Gasteiger partial charge in [0.15, 0.2) is 0 Å². The van der Waals surface area contributed by atoms with E-state index in [0.29, 0.717) is 11.3 Å². The lowest BCUT2D eigenvalue weighted by Crippen LogP contribution is -2.28. The summed E-state index contributed by atoms with van der Waals surface area (Å²) in [6.07, 6.45) is 0. The topological polar surface area (TPSA) is 62.4 Å². The van der Waals surface area contributed by atoms with Gasteiger partial charge in [-0.15, -0.1) is 23.1 Å².